The van der Waals surface area contributed by atoms with E-state index in [1.54, 1.807) is 0 Å². The number of nitrogens with one attached hydrogen (secondary N) is 1. The summed E-state index contributed by atoms with van der Waals surface area (Å²) >= 11 is 0. The van der Waals surface area contributed by atoms with Gasteiger partial charge in [-0.15, -0.1) is 0 Å². The highest BCUT2D eigenvalue weighted by molar-refractivity contribution is 5.88. The van der Waals surface area contributed by atoms with Gasteiger partial charge in [-0.3, -0.25) is 5.10 Å². The number of hydrogen-bond donors (Lipinski definition) is 2. The maximum absolute atomic E-state index is 10.6. The summed E-state index contributed by atoms with van der Waals surface area (Å²) in [6, 6.07) is 0. The number of carbonyl (C=O) groups is 1. The minimum absolute atomic E-state index is 0.221. The van der Waals surface area contributed by atoms with E-state index in [0.29, 0.717) is 5.69 Å². The first-order chi connectivity index (χ1) is 5.66. The molecule has 0 fully saturated rings. The molecule has 0 aliphatic carbocycles. The first-order valence-corrected chi connectivity index (χ1v) is 3.93. The summed E-state index contributed by atoms with van der Waals surface area (Å²) < 4.78 is 0. The van der Waals surface area contributed by atoms with E-state index in [1.165, 1.54) is 6.20 Å². The number of hydrogen-bond acceptors (Lipinski definition) is 2. The molecule has 0 amide bonds. The number of carboxylic acids is 1. The molecule has 1 atom stereocenters. The molecule has 0 aliphatic rings. The number of aromatic carboxylic acids is 1. The van der Waals surface area contributed by atoms with E-state index in [2.05, 4.69) is 10.2 Å². The zero-order valence-corrected chi connectivity index (χ0v) is 7.16. The number of aromatic nitrogens is 2. The minimum Gasteiger partial charge on any atom is -0.478 e. The van der Waals surface area contributed by atoms with Gasteiger partial charge in [-0.2, -0.15) is 5.10 Å². The van der Waals surface area contributed by atoms with Crippen LogP contribution in [0, 0.1) is 0 Å². The fraction of sp³-hybridized carbons (Fsp3) is 0.500. The van der Waals surface area contributed by atoms with Crippen molar-refractivity contribution in [2.45, 2.75) is 26.2 Å². The standard InChI is InChI=1S/C8H12N2O2/c1-3-5(2)7-6(8(11)12)4-9-10-7/h4-5H,3H2,1-2H3,(H,9,10)(H,11,12). The summed E-state index contributed by atoms with van der Waals surface area (Å²) in [5, 5.41) is 15.2. The Morgan fingerprint density at radius 2 is 2.50 bits per heavy atom. The molecule has 4 heteroatoms. The van der Waals surface area contributed by atoms with Gasteiger partial charge in [-0.1, -0.05) is 13.8 Å². The highest BCUT2D eigenvalue weighted by Crippen LogP contribution is 2.19. The molecule has 0 radical (unpaired) electrons. The molecule has 1 aromatic rings. The van der Waals surface area contributed by atoms with E-state index < -0.39 is 5.97 Å². The van der Waals surface area contributed by atoms with Gasteiger partial charge in [0.1, 0.15) is 5.56 Å². The Balaban J connectivity index is 2.98. The molecular formula is C8H12N2O2. The summed E-state index contributed by atoms with van der Waals surface area (Å²) in [6.07, 6.45) is 2.26. The number of rotatable bonds is 3. The molecule has 4 nitrogen and oxygen atoms in total. The molecule has 1 aromatic heterocycles. The summed E-state index contributed by atoms with van der Waals surface area (Å²) in [6.45, 7) is 3.98. The molecule has 0 aromatic carbocycles. The van der Waals surface area contributed by atoms with Gasteiger partial charge in [-0.25, -0.2) is 4.79 Å². The van der Waals surface area contributed by atoms with Gasteiger partial charge in [0.25, 0.3) is 0 Å². The van der Waals surface area contributed by atoms with E-state index in [4.69, 9.17) is 5.11 Å². The molecule has 66 valence electrons. The van der Waals surface area contributed by atoms with Crippen LogP contribution in [0.5, 0.6) is 0 Å². The third-order valence-electron chi connectivity index (χ3n) is 2.00. The molecule has 2 N–H and O–H groups in total. The van der Waals surface area contributed by atoms with Crippen LogP contribution in [0.3, 0.4) is 0 Å². The van der Waals surface area contributed by atoms with E-state index in [0.717, 1.165) is 6.42 Å². The van der Waals surface area contributed by atoms with Crippen molar-refractivity contribution in [3.8, 4) is 0 Å². The van der Waals surface area contributed by atoms with Crippen LogP contribution in [0.25, 0.3) is 0 Å². The number of aromatic amines is 1. The monoisotopic (exact) mass is 168 g/mol. The van der Waals surface area contributed by atoms with Crippen molar-refractivity contribution in [3.63, 3.8) is 0 Å². The fourth-order valence-electron chi connectivity index (χ4n) is 1.05. The maximum Gasteiger partial charge on any atom is 0.339 e. The highest BCUT2D eigenvalue weighted by atomic mass is 16.4. The van der Waals surface area contributed by atoms with Crippen molar-refractivity contribution in [1.82, 2.24) is 10.2 Å². The second-order valence-electron chi connectivity index (χ2n) is 2.81. The second-order valence-corrected chi connectivity index (χ2v) is 2.81. The predicted molar refractivity (Wildman–Crippen MR) is 44.3 cm³/mol. The first kappa shape index (κ1) is 8.77. The van der Waals surface area contributed by atoms with Gasteiger partial charge in [0.15, 0.2) is 0 Å². The van der Waals surface area contributed by atoms with E-state index in [-0.39, 0.29) is 11.5 Å². The molecule has 1 unspecified atom stereocenters. The minimum atomic E-state index is -0.918. The third-order valence-corrected chi connectivity index (χ3v) is 2.00. The normalized spacial score (nSPS) is 12.8. The van der Waals surface area contributed by atoms with Crippen molar-refractivity contribution < 1.29 is 9.90 Å². The Labute approximate surface area is 70.6 Å². The average molecular weight is 168 g/mol. The Morgan fingerprint density at radius 1 is 1.83 bits per heavy atom. The van der Waals surface area contributed by atoms with Gasteiger partial charge in [0.2, 0.25) is 0 Å². The van der Waals surface area contributed by atoms with Crippen molar-refractivity contribution in [3.05, 3.63) is 17.5 Å². The Morgan fingerprint density at radius 3 is 3.00 bits per heavy atom. The van der Waals surface area contributed by atoms with E-state index in [1.807, 2.05) is 13.8 Å². The molecule has 0 saturated carbocycles. The van der Waals surface area contributed by atoms with Gasteiger partial charge < -0.3 is 5.11 Å². The van der Waals surface area contributed by atoms with Crippen LogP contribution in [0.15, 0.2) is 6.20 Å². The largest absolute Gasteiger partial charge is 0.478 e. The lowest BCUT2D eigenvalue weighted by molar-refractivity contribution is 0.0695. The topological polar surface area (TPSA) is 66.0 Å². The Hall–Kier alpha value is -1.32. The zero-order chi connectivity index (χ0) is 9.14. The van der Waals surface area contributed by atoms with Crippen LogP contribution < -0.4 is 0 Å². The second kappa shape index (κ2) is 3.38. The summed E-state index contributed by atoms with van der Waals surface area (Å²) in [4.78, 5) is 10.6. The highest BCUT2D eigenvalue weighted by Gasteiger charge is 2.15. The van der Waals surface area contributed by atoms with Gasteiger partial charge >= 0.3 is 5.97 Å². The quantitative estimate of drug-likeness (QED) is 0.720. The van der Waals surface area contributed by atoms with Crippen LogP contribution in [0.4, 0.5) is 0 Å². The van der Waals surface area contributed by atoms with Crippen LogP contribution in [-0.4, -0.2) is 21.3 Å². The lowest BCUT2D eigenvalue weighted by Gasteiger charge is -2.05. The van der Waals surface area contributed by atoms with Crippen LogP contribution in [-0.2, 0) is 0 Å². The first-order valence-electron chi connectivity index (χ1n) is 3.93. The number of carboxylic acid groups (broad SMARTS) is 1. The molecule has 12 heavy (non-hydrogen) atoms. The molecular weight excluding hydrogens is 156 g/mol. The summed E-state index contributed by atoms with van der Waals surface area (Å²) in [5.41, 5.74) is 0.995. The van der Waals surface area contributed by atoms with Crippen LogP contribution in [0.1, 0.15) is 42.2 Å². The maximum atomic E-state index is 10.6. The average Bonchev–Trinajstić information content (AvgIpc) is 2.50. The van der Waals surface area contributed by atoms with E-state index in [9.17, 15) is 4.79 Å². The molecule has 0 spiro atoms. The van der Waals surface area contributed by atoms with Crippen LogP contribution in [0.2, 0.25) is 0 Å². The SMILES string of the molecule is CCC(C)c1[nH]ncc1C(=O)O. The molecule has 1 heterocycles. The molecule has 0 bridgehead atoms. The number of nitrogens with zero attached hydrogens (tertiary/aromatic N) is 1. The lowest BCUT2D eigenvalue weighted by atomic mass is 10.0. The summed E-state index contributed by atoms with van der Waals surface area (Å²) in [5.74, 6) is -0.697. The number of H-pyrrole nitrogens is 1. The molecule has 0 saturated heterocycles. The Kier molecular flexibility index (Phi) is 2.47. The molecule has 1 rings (SSSR count). The fourth-order valence-corrected chi connectivity index (χ4v) is 1.05. The van der Waals surface area contributed by atoms with Gasteiger partial charge in [0.05, 0.1) is 11.9 Å². The zero-order valence-electron chi connectivity index (χ0n) is 7.16. The van der Waals surface area contributed by atoms with Crippen LogP contribution >= 0.6 is 0 Å². The van der Waals surface area contributed by atoms with Gasteiger partial charge in [-0.05, 0) is 12.3 Å². The third kappa shape index (κ3) is 1.47. The van der Waals surface area contributed by atoms with Crippen molar-refractivity contribution in [2.24, 2.45) is 0 Å². The van der Waals surface area contributed by atoms with E-state index >= 15 is 0 Å². The smallest absolute Gasteiger partial charge is 0.339 e. The lowest BCUT2D eigenvalue weighted by Crippen LogP contribution is -2.02. The van der Waals surface area contributed by atoms with Crippen molar-refractivity contribution in [1.29, 1.82) is 0 Å². The predicted octanol–water partition coefficient (Wildman–Crippen LogP) is 1.62. The van der Waals surface area contributed by atoms with Crippen molar-refractivity contribution >= 4 is 5.97 Å². The van der Waals surface area contributed by atoms with Gasteiger partial charge in [0, 0.05) is 0 Å². The molecule has 0 aliphatic heterocycles. The Bertz CT molecular complexity index is 280. The van der Waals surface area contributed by atoms with Crippen molar-refractivity contribution in [2.75, 3.05) is 0 Å². The summed E-state index contributed by atoms with van der Waals surface area (Å²) in [7, 11) is 0.